The molecule has 0 atom stereocenters. The van der Waals surface area contributed by atoms with E-state index < -0.39 is 23.2 Å². The van der Waals surface area contributed by atoms with Gasteiger partial charge in [-0.15, -0.1) is 0 Å². The number of rotatable bonds is 5. The summed E-state index contributed by atoms with van der Waals surface area (Å²) in [6, 6.07) is 7.89. The van der Waals surface area contributed by atoms with Gasteiger partial charge in [-0.3, -0.25) is 4.79 Å². The molecule has 1 amide bonds. The van der Waals surface area contributed by atoms with Crippen LogP contribution in [0.15, 0.2) is 42.5 Å². The molecule has 0 saturated carbocycles. The zero-order valence-corrected chi connectivity index (χ0v) is 12.4. The minimum atomic E-state index is -3.80. The summed E-state index contributed by atoms with van der Waals surface area (Å²) in [7, 11) is 2.68. The van der Waals surface area contributed by atoms with Gasteiger partial charge < -0.3 is 14.8 Å². The maximum atomic E-state index is 14.3. The fraction of sp³-hybridized carbons (Fsp3) is 0.188. The first kappa shape index (κ1) is 16.7. The molecule has 7 heteroatoms. The summed E-state index contributed by atoms with van der Waals surface area (Å²) in [4.78, 5) is 11.8. The molecule has 0 heterocycles. The summed E-state index contributed by atoms with van der Waals surface area (Å²) in [5.41, 5.74) is -0.480. The van der Waals surface area contributed by atoms with Crippen molar-refractivity contribution in [1.29, 1.82) is 0 Å². The molecule has 2 aromatic rings. The quantitative estimate of drug-likeness (QED) is 0.914. The van der Waals surface area contributed by atoms with Gasteiger partial charge in [-0.25, -0.2) is 4.39 Å². The highest BCUT2D eigenvalue weighted by Gasteiger charge is 2.41. The van der Waals surface area contributed by atoms with Gasteiger partial charge >= 0.3 is 5.92 Å². The van der Waals surface area contributed by atoms with Gasteiger partial charge in [0.25, 0.3) is 5.91 Å². The van der Waals surface area contributed by atoms with E-state index in [4.69, 9.17) is 9.47 Å². The first-order valence-corrected chi connectivity index (χ1v) is 6.56. The van der Waals surface area contributed by atoms with Gasteiger partial charge in [-0.05, 0) is 42.5 Å². The van der Waals surface area contributed by atoms with Crippen molar-refractivity contribution < 1.29 is 27.4 Å². The van der Waals surface area contributed by atoms with Crippen molar-refractivity contribution in [2.45, 2.75) is 5.92 Å². The molecule has 0 aromatic heterocycles. The second kappa shape index (κ2) is 6.60. The second-order valence-electron chi connectivity index (χ2n) is 4.61. The lowest BCUT2D eigenvalue weighted by Crippen LogP contribution is -2.32. The number of methoxy groups -OCH3 is 2. The fourth-order valence-electron chi connectivity index (χ4n) is 1.91. The lowest BCUT2D eigenvalue weighted by molar-refractivity contribution is -0.140. The number of ether oxygens (including phenoxy) is 2. The van der Waals surface area contributed by atoms with Gasteiger partial charge in [0.05, 0.1) is 14.2 Å². The Morgan fingerprint density at radius 1 is 1.00 bits per heavy atom. The molecule has 2 aromatic carbocycles. The van der Waals surface area contributed by atoms with Crippen LogP contribution in [0.25, 0.3) is 0 Å². The van der Waals surface area contributed by atoms with E-state index in [2.05, 4.69) is 0 Å². The molecular formula is C16H14F3NO3. The summed E-state index contributed by atoms with van der Waals surface area (Å²) in [5.74, 6) is -5.51. The largest absolute Gasteiger partial charge is 0.493 e. The molecular weight excluding hydrogens is 311 g/mol. The van der Waals surface area contributed by atoms with Crippen molar-refractivity contribution >= 4 is 11.6 Å². The zero-order valence-electron chi connectivity index (χ0n) is 12.4. The van der Waals surface area contributed by atoms with Crippen LogP contribution in [0.4, 0.5) is 18.9 Å². The Hall–Kier alpha value is -2.70. The zero-order chi connectivity index (χ0) is 17.0. The first-order chi connectivity index (χ1) is 10.9. The average Bonchev–Trinajstić information content (AvgIpc) is 2.56. The summed E-state index contributed by atoms with van der Waals surface area (Å²) < 4.78 is 51.3. The summed E-state index contributed by atoms with van der Waals surface area (Å²) >= 11 is 0. The second-order valence-corrected chi connectivity index (χ2v) is 4.61. The minimum Gasteiger partial charge on any atom is -0.493 e. The van der Waals surface area contributed by atoms with Crippen LogP contribution >= 0.6 is 0 Å². The van der Waals surface area contributed by atoms with Crippen LogP contribution in [-0.2, 0) is 10.7 Å². The number of anilines is 1. The maximum Gasteiger partial charge on any atom is 0.350 e. The number of halogens is 3. The van der Waals surface area contributed by atoms with Crippen molar-refractivity contribution in [3.05, 3.63) is 53.8 Å². The highest BCUT2D eigenvalue weighted by Crippen LogP contribution is 2.36. The summed E-state index contributed by atoms with van der Waals surface area (Å²) in [6.07, 6.45) is 0. The van der Waals surface area contributed by atoms with Gasteiger partial charge in [0.2, 0.25) is 0 Å². The van der Waals surface area contributed by atoms with E-state index in [1.165, 1.54) is 32.4 Å². The molecule has 122 valence electrons. The van der Waals surface area contributed by atoms with Crippen LogP contribution in [-0.4, -0.2) is 20.1 Å². The molecule has 2 rings (SSSR count). The summed E-state index contributed by atoms with van der Waals surface area (Å²) in [5, 5.41) is 2.05. The predicted octanol–water partition coefficient (Wildman–Crippen LogP) is 3.57. The molecule has 0 spiro atoms. The molecule has 0 aliphatic rings. The van der Waals surface area contributed by atoms with Crippen LogP contribution < -0.4 is 14.8 Å². The van der Waals surface area contributed by atoms with E-state index in [0.717, 1.165) is 24.3 Å². The molecule has 4 nitrogen and oxygen atoms in total. The molecule has 0 radical (unpaired) electrons. The van der Waals surface area contributed by atoms with Crippen molar-refractivity contribution in [3.8, 4) is 11.5 Å². The first-order valence-electron chi connectivity index (χ1n) is 6.56. The van der Waals surface area contributed by atoms with Gasteiger partial charge in [0.15, 0.2) is 11.5 Å². The normalized spacial score (nSPS) is 11.0. The molecule has 0 unspecified atom stereocenters. The van der Waals surface area contributed by atoms with E-state index in [1.54, 1.807) is 0 Å². The number of benzene rings is 2. The Kier molecular flexibility index (Phi) is 4.78. The van der Waals surface area contributed by atoms with Crippen LogP contribution in [0.5, 0.6) is 11.5 Å². The predicted molar refractivity (Wildman–Crippen MR) is 78.5 cm³/mol. The Morgan fingerprint density at radius 2 is 1.61 bits per heavy atom. The van der Waals surface area contributed by atoms with Crippen LogP contribution in [0.3, 0.4) is 0 Å². The number of carbonyl (C=O) groups is 1. The van der Waals surface area contributed by atoms with Crippen LogP contribution in [0.2, 0.25) is 0 Å². The van der Waals surface area contributed by atoms with Crippen molar-refractivity contribution in [1.82, 2.24) is 0 Å². The number of alkyl halides is 2. The highest BCUT2D eigenvalue weighted by atomic mass is 19.3. The Morgan fingerprint density at radius 3 is 2.17 bits per heavy atom. The minimum absolute atomic E-state index is 0.0663. The number of amides is 1. The number of hydrogen-bond acceptors (Lipinski definition) is 3. The number of hydrogen-bond donors (Lipinski definition) is 1. The Bertz CT molecular complexity index is 702. The van der Waals surface area contributed by atoms with E-state index in [-0.39, 0.29) is 17.2 Å². The lowest BCUT2D eigenvalue weighted by atomic mass is 10.1. The molecule has 0 bridgehead atoms. The van der Waals surface area contributed by atoms with Crippen LogP contribution in [0.1, 0.15) is 5.56 Å². The molecule has 0 saturated heterocycles. The molecule has 23 heavy (non-hydrogen) atoms. The van der Waals surface area contributed by atoms with Gasteiger partial charge in [0, 0.05) is 11.3 Å². The van der Waals surface area contributed by atoms with Crippen molar-refractivity contribution in [3.63, 3.8) is 0 Å². The van der Waals surface area contributed by atoms with Gasteiger partial charge in [-0.1, -0.05) is 0 Å². The standard InChI is InChI=1S/C16H14F3NO3/c1-22-13-8-3-10(9-14(13)23-2)16(18,19)15(21)20-12-6-4-11(17)5-7-12/h3-9H,1-2H3,(H,20,21). The molecule has 1 N–H and O–H groups in total. The fourth-order valence-corrected chi connectivity index (χ4v) is 1.91. The number of nitrogens with one attached hydrogen (secondary N) is 1. The smallest absolute Gasteiger partial charge is 0.350 e. The number of carbonyl (C=O) groups excluding carboxylic acids is 1. The van der Waals surface area contributed by atoms with Gasteiger partial charge in [0.1, 0.15) is 5.82 Å². The van der Waals surface area contributed by atoms with E-state index in [9.17, 15) is 18.0 Å². The van der Waals surface area contributed by atoms with E-state index in [0.29, 0.717) is 0 Å². The average molecular weight is 325 g/mol. The lowest BCUT2D eigenvalue weighted by Gasteiger charge is -2.18. The molecule has 0 fully saturated rings. The van der Waals surface area contributed by atoms with Crippen LogP contribution in [0, 0.1) is 5.82 Å². The van der Waals surface area contributed by atoms with Gasteiger partial charge in [-0.2, -0.15) is 8.78 Å². The van der Waals surface area contributed by atoms with E-state index in [1.807, 2.05) is 5.32 Å². The maximum absolute atomic E-state index is 14.3. The third-order valence-electron chi connectivity index (χ3n) is 3.13. The van der Waals surface area contributed by atoms with Crippen molar-refractivity contribution in [2.24, 2.45) is 0 Å². The molecule has 0 aliphatic carbocycles. The van der Waals surface area contributed by atoms with E-state index >= 15 is 0 Å². The topological polar surface area (TPSA) is 47.6 Å². The highest BCUT2D eigenvalue weighted by molar-refractivity contribution is 5.96. The third-order valence-corrected chi connectivity index (χ3v) is 3.13. The third kappa shape index (κ3) is 3.56. The van der Waals surface area contributed by atoms with Crippen molar-refractivity contribution in [2.75, 3.05) is 19.5 Å². The summed E-state index contributed by atoms with van der Waals surface area (Å²) in [6.45, 7) is 0. The monoisotopic (exact) mass is 325 g/mol. The Labute approximate surface area is 130 Å². The Balaban J connectivity index is 2.26. The SMILES string of the molecule is COc1ccc(C(F)(F)C(=O)Nc2ccc(F)cc2)cc1OC. The molecule has 0 aliphatic heterocycles.